The highest BCUT2D eigenvalue weighted by molar-refractivity contribution is 7.09. The van der Waals surface area contributed by atoms with E-state index in [1.54, 1.807) is 25.3 Å². The number of rotatable bonds is 10. The van der Waals surface area contributed by atoms with E-state index in [4.69, 9.17) is 14.2 Å². The fourth-order valence-corrected chi connectivity index (χ4v) is 3.83. The average Bonchev–Trinajstić information content (AvgIpc) is 3.35. The Bertz CT molecular complexity index is 1040. The second kappa shape index (κ2) is 11.2. The maximum atomic E-state index is 13.3. The first-order valence-electron chi connectivity index (χ1n) is 9.97. The van der Waals surface area contributed by atoms with Crippen LogP contribution in [0.3, 0.4) is 0 Å². The minimum atomic E-state index is -0.265. The highest BCUT2D eigenvalue weighted by Crippen LogP contribution is 2.28. The maximum absolute atomic E-state index is 13.3. The summed E-state index contributed by atoms with van der Waals surface area (Å²) in [6.07, 6.45) is 0. The Hall–Kier alpha value is -3.52. The van der Waals surface area contributed by atoms with Crippen LogP contribution in [0.25, 0.3) is 0 Å². The second-order valence-corrected chi connectivity index (χ2v) is 7.97. The van der Waals surface area contributed by atoms with E-state index >= 15 is 0 Å². The number of carbonyl (C=O) groups is 2. The van der Waals surface area contributed by atoms with E-state index in [9.17, 15) is 9.59 Å². The molecule has 0 aliphatic carbocycles. The van der Waals surface area contributed by atoms with Crippen LogP contribution >= 0.6 is 11.3 Å². The van der Waals surface area contributed by atoms with Crippen molar-refractivity contribution in [3.8, 4) is 17.2 Å². The Morgan fingerprint density at radius 1 is 0.938 bits per heavy atom. The summed E-state index contributed by atoms with van der Waals surface area (Å²) in [7, 11) is 4.66. The maximum Gasteiger partial charge on any atom is 0.254 e. The van der Waals surface area contributed by atoms with Crippen LogP contribution in [0.1, 0.15) is 20.8 Å². The Kier molecular flexibility index (Phi) is 8.10. The van der Waals surface area contributed by atoms with Gasteiger partial charge in [-0.3, -0.25) is 9.59 Å². The van der Waals surface area contributed by atoms with Gasteiger partial charge in [0.25, 0.3) is 5.91 Å². The third-order valence-corrected chi connectivity index (χ3v) is 5.69. The van der Waals surface area contributed by atoms with Gasteiger partial charge in [-0.05, 0) is 47.3 Å². The van der Waals surface area contributed by atoms with E-state index in [2.05, 4.69) is 5.32 Å². The third-order valence-electron chi connectivity index (χ3n) is 4.83. The van der Waals surface area contributed by atoms with Crippen molar-refractivity contribution in [2.45, 2.75) is 13.1 Å². The van der Waals surface area contributed by atoms with Gasteiger partial charge in [-0.2, -0.15) is 0 Å². The van der Waals surface area contributed by atoms with E-state index in [-0.39, 0.29) is 18.4 Å². The first-order valence-corrected chi connectivity index (χ1v) is 10.8. The third kappa shape index (κ3) is 6.01. The lowest BCUT2D eigenvalue weighted by Gasteiger charge is -2.22. The van der Waals surface area contributed by atoms with Gasteiger partial charge < -0.3 is 24.4 Å². The summed E-state index contributed by atoms with van der Waals surface area (Å²) < 4.78 is 15.7. The van der Waals surface area contributed by atoms with Gasteiger partial charge in [0.1, 0.15) is 12.3 Å². The van der Waals surface area contributed by atoms with Gasteiger partial charge in [-0.1, -0.05) is 18.2 Å². The molecule has 0 aliphatic heterocycles. The first-order chi connectivity index (χ1) is 15.5. The lowest BCUT2D eigenvalue weighted by atomic mass is 10.1. The summed E-state index contributed by atoms with van der Waals surface area (Å²) in [6, 6.07) is 16.3. The molecule has 0 bridgehead atoms. The van der Waals surface area contributed by atoms with Crippen LogP contribution in [-0.4, -0.2) is 44.6 Å². The number of nitrogens with one attached hydrogen (secondary N) is 1. The number of hydrogen-bond donors (Lipinski definition) is 1. The summed E-state index contributed by atoms with van der Waals surface area (Å²) in [5.74, 6) is 1.23. The highest BCUT2D eigenvalue weighted by Gasteiger charge is 2.21. The largest absolute Gasteiger partial charge is 0.497 e. The van der Waals surface area contributed by atoms with Crippen LogP contribution in [-0.2, 0) is 17.9 Å². The summed E-state index contributed by atoms with van der Waals surface area (Å²) in [4.78, 5) is 28.4. The fourth-order valence-electron chi connectivity index (χ4n) is 3.12. The lowest BCUT2D eigenvalue weighted by Crippen LogP contribution is -2.40. The van der Waals surface area contributed by atoms with Gasteiger partial charge >= 0.3 is 0 Å². The smallest absolute Gasteiger partial charge is 0.254 e. The molecule has 1 heterocycles. The molecule has 0 unspecified atom stereocenters. The molecule has 0 fully saturated rings. The van der Waals surface area contributed by atoms with Gasteiger partial charge in [-0.25, -0.2) is 0 Å². The molecule has 168 valence electrons. The summed E-state index contributed by atoms with van der Waals surface area (Å²) in [5, 5.41) is 4.82. The molecule has 2 aromatic carbocycles. The number of nitrogens with zero attached hydrogens (tertiary/aromatic N) is 1. The van der Waals surface area contributed by atoms with Crippen molar-refractivity contribution >= 4 is 23.2 Å². The zero-order valence-electron chi connectivity index (χ0n) is 18.3. The molecule has 32 heavy (non-hydrogen) atoms. The number of thiophene rings is 1. The predicted molar refractivity (Wildman–Crippen MR) is 123 cm³/mol. The number of carbonyl (C=O) groups excluding carboxylic acids is 2. The Labute approximate surface area is 191 Å². The minimum absolute atomic E-state index is 0.0682. The molecule has 1 aromatic heterocycles. The van der Waals surface area contributed by atoms with Crippen molar-refractivity contribution in [2.75, 3.05) is 27.9 Å². The van der Waals surface area contributed by atoms with Gasteiger partial charge in [0.15, 0.2) is 11.5 Å². The highest BCUT2D eigenvalue weighted by atomic mass is 32.1. The molecule has 0 saturated carbocycles. The molecule has 8 heteroatoms. The van der Waals surface area contributed by atoms with Crippen LogP contribution < -0.4 is 19.5 Å². The number of amides is 2. The first kappa shape index (κ1) is 23.1. The van der Waals surface area contributed by atoms with Crippen molar-refractivity contribution in [1.82, 2.24) is 10.2 Å². The van der Waals surface area contributed by atoms with E-state index in [1.807, 2.05) is 41.8 Å². The summed E-state index contributed by atoms with van der Waals surface area (Å²) >= 11 is 1.54. The van der Waals surface area contributed by atoms with E-state index in [0.29, 0.717) is 30.2 Å². The predicted octanol–water partition coefficient (Wildman–Crippen LogP) is 3.73. The molecule has 7 nitrogen and oxygen atoms in total. The van der Waals surface area contributed by atoms with Crippen molar-refractivity contribution < 1.29 is 23.8 Å². The Morgan fingerprint density at radius 3 is 2.31 bits per heavy atom. The molecular weight excluding hydrogens is 428 g/mol. The Morgan fingerprint density at radius 2 is 1.69 bits per heavy atom. The van der Waals surface area contributed by atoms with Crippen molar-refractivity contribution in [2.24, 2.45) is 0 Å². The zero-order valence-corrected chi connectivity index (χ0v) is 19.1. The number of benzene rings is 2. The molecule has 0 radical (unpaired) electrons. The van der Waals surface area contributed by atoms with Crippen molar-refractivity contribution in [1.29, 1.82) is 0 Å². The molecule has 1 N–H and O–H groups in total. The summed E-state index contributed by atoms with van der Waals surface area (Å²) in [5.41, 5.74) is 1.36. The molecule has 0 aliphatic rings. The number of methoxy groups -OCH3 is 3. The van der Waals surface area contributed by atoms with Crippen LogP contribution in [0.15, 0.2) is 60.0 Å². The monoisotopic (exact) mass is 454 g/mol. The average molecular weight is 455 g/mol. The molecular formula is C24H26N2O5S. The van der Waals surface area contributed by atoms with Crippen LogP contribution in [0.4, 0.5) is 0 Å². The van der Waals surface area contributed by atoms with Crippen LogP contribution in [0.2, 0.25) is 0 Å². The molecule has 2 amide bonds. The van der Waals surface area contributed by atoms with E-state index in [1.165, 1.54) is 30.5 Å². The van der Waals surface area contributed by atoms with Crippen molar-refractivity contribution in [3.05, 3.63) is 76.0 Å². The van der Waals surface area contributed by atoms with Gasteiger partial charge in [-0.15, -0.1) is 11.3 Å². The number of ether oxygens (including phenoxy) is 3. The quantitative estimate of drug-likeness (QED) is 0.505. The van der Waals surface area contributed by atoms with E-state index < -0.39 is 0 Å². The second-order valence-electron chi connectivity index (χ2n) is 6.94. The summed E-state index contributed by atoms with van der Waals surface area (Å²) in [6.45, 7) is 0.627. The fraction of sp³-hybridized carbons (Fsp3) is 0.250. The number of hydrogen-bond acceptors (Lipinski definition) is 6. The minimum Gasteiger partial charge on any atom is -0.497 e. The normalized spacial score (nSPS) is 10.3. The van der Waals surface area contributed by atoms with Gasteiger partial charge in [0.05, 0.1) is 27.9 Å². The van der Waals surface area contributed by atoms with Gasteiger partial charge in [0.2, 0.25) is 5.91 Å². The Balaban J connectivity index is 1.71. The zero-order chi connectivity index (χ0) is 22.9. The standard InChI is InChI=1S/C24H26N2O5S/c1-29-19-9-6-17(7-10-19)14-25-23(27)16-26(15-20-5-4-12-32-20)24(28)18-8-11-21(30-2)22(13-18)31-3/h4-13H,14-16H2,1-3H3,(H,25,27). The molecule has 3 rings (SSSR count). The molecule has 0 saturated heterocycles. The topological polar surface area (TPSA) is 77.1 Å². The molecule has 3 aromatic rings. The van der Waals surface area contributed by atoms with Crippen LogP contribution in [0, 0.1) is 0 Å². The van der Waals surface area contributed by atoms with Crippen molar-refractivity contribution in [3.63, 3.8) is 0 Å². The molecule has 0 atom stereocenters. The molecule has 0 spiro atoms. The van der Waals surface area contributed by atoms with Crippen LogP contribution in [0.5, 0.6) is 17.2 Å². The van der Waals surface area contributed by atoms with E-state index in [0.717, 1.165) is 16.2 Å². The lowest BCUT2D eigenvalue weighted by molar-refractivity contribution is -0.122. The SMILES string of the molecule is COc1ccc(CNC(=O)CN(Cc2cccs2)C(=O)c2ccc(OC)c(OC)c2)cc1. The van der Waals surface area contributed by atoms with Gasteiger partial charge in [0, 0.05) is 17.0 Å².